The first-order chi connectivity index (χ1) is 8.09. The third kappa shape index (κ3) is 2.58. The lowest BCUT2D eigenvalue weighted by Gasteiger charge is -2.26. The molecule has 1 aromatic rings. The van der Waals surface area contributed by atoms with Crippen molar-refractivity contribution in [1.82, 2.24) is 0 Å². The summed E-state index contributed by atoms with van der Waals surface area (Å²) >= 11 is 1.34. The molecule has 0 aromatic carbocycles. The molecule has 0 bridgehead atoms. The quantitative estimate of drug-likeness (QED) is 0.667. The second-order valence-corrected chi connectivity index (χ2v) is 5.38. The van der Waals surface area contributed by atoms with Crippen LogP contribution in [-0.4, -0.2) is 23.1 Å². The van der Waals surface area contributed by atoms with Crippen molar-refractivity contribution < 1.29 is 10.0 Å². The van der Waals surface area contributed by atoms with Crippen molar-refractivity contribution in [2.45, 2.75) is 32.3 Å². The molecule has 1 fully saturated rings. The molecule has 1 aliphatic heterocycles. The topological polar surface area (TPSA) is 66.6 Å². The molecule has 5 nitrogen and oxygen atoms in total. The van der Waals surface area contributed by atoms with Crippen LogP contribution in [0.3, 0.4) is 0 Å². The minimum atomic E-state index is -0.641. The Labute approximate surface area is 104 Å². The number of hydrogen-bond donors (Lipinski definition) is 1. The highest BCUT2D eigenvalue weighted by Crippen LogP contribution is 2.40. The summed E-state index contributed by atoms with van der Waals surface area (Å²) < 4.78 is 0. The van der Waals surface area contributed by atoms with Crippen molar-refractivity contribution in [2.75, 3.05) is 18.0 Å². The number of nitrogens with zero attached hydrogens (tertiary/aromatic N) is 2. The Morgan fingerprint density at radius 2 is 2.12 bits per heavy atom. The lowest BCUT2D eigenvalue weighted by molar-refractivity contribution is -0.383. The van der Waals surface area contributed by atoms with Crippen LogP contribution in [0.4, 0.5) is 10.7 Å². The molecule has 0 amide bonds. The summed E-state index contributed by atoms with van der Waals surface area (Å²) in [6.07, 6.45) is 2.72. The maximum atomic E-state index is 11.0. The normalized spacial score (nSPS) is 18.1. The highest BCUT2D eigenvalue weighted by Gasteiger charge is 2.26. The summed E-state index contributed by atoms with van der Waals surface area (Å²) in [7, 11) is 0. The van der Waals surface area contributed by atoms with Gasteiger partial charge in [-0.1, -0.05) is 0 Å². The number of thiophene rings is 1. The zero-order valence-corrected chi connectivity index (χ0v) is 10.6. The van der Waals surface area contributed by atoms with Crippen LogP contribution in [0.15, 0.2) is 6.07 Å². The van der Waals surface area contributed by atoms with Gasteiger partial charge in [-0.3, -0.25) is 10.1 Å². The summed E-state index contributed by atoms with van der Waals surface area (Å²) in [5, 5.41) is 21.2. The molecule has 1 saturated heterocycles. The third-order valence-corrected chi connectivity index (χ3v) is 4.32. The molecular weight excluding hydrogens is 240 g/mol. The standard InChI is InChI=1S/C11H16N2O3S/c1-8(14)10-7-9(13(15)16)11(17-10)12-5-3-2-4-6-12/h7-8,14H,2-6H2,1H3/t8-/m1/s1. The van der Waals surface area contributed by atoms with Crippen molar-refractivity contribution in [3.63, 3.8) is 0 Å². The van der Waals surface area contributed by atoms with E-state index in [-0.39, 0.29) is 10.6 Å². The van der Waals surface area contributed by atoms with Crippen molar-refractivity contribution in [2.24, 2.45) is 0 Å². The number of piperidine rings is 1. The van der Waals surface area contributed by atoms with Gasteiger partial charge in [0.1, 0.15) is 0 Å². The molecule has 0 spiro atoms. The van der Waals surface area contributed by atoms with Gasteiger partial charge in [0.25, 0.3) is 0 Å². The number of nitro groups is 1. The van der Waals surface area contributed by atoms with E-state index < -0.39 is 6.10 Å². The van der Waals surface area contributed by atoms with Gasteiger partial charge in [-0.2, -0.15) is 0 Å². The molecule has 2 rings (SSSR count). The molecule has 1 aromatic heterocycles. The maximum Gasteiger partial charge on any atom is 0.304 e. The fourth-order valence-electron chi connectivity index (χ4n) is 2.05. The van der Waals surface area contributed by atoms with Gasteiger partial charge in [0.05, 0.1) is 11.0 Å². The Morgan fingerprint density at radius 3 is 2.65 bits per heavy atom. The fourth-order valence-corrected chi connectivity index (χ4v) is 3.16. The van der Waals surface area contributed by atoms with Crippen LogP contribution in [0, 0.1) is 10.1 Å². The average molecular weight is 256 g/mol. The predicted molar refractivity (Wildman–Crippen MR) is 67.7 cm³/mol. The van der Waals surface area contributed by atoms with Gasteiger partial charge in [0.15, 0.2) is 5.00 Å². The Bertz CT molecular complexity index is 411. The molecule has 2 heterocycles. The van der Waals surface area contributed by atoms with Gasteiger partial charge in [-0.25, -0.2) is 0 Å². The van der Waals surface area contributed by atoms with Crippen LogP contribution >= 0.6 is 11.3 Å². The SMILES string of the molecule is C[C@@H](O)c1cc([N+](=O)[O-])c(N2CCCCC2)s1. The van der Waals surface area contributed by atoms with Crippen molar-refractivity contribution >= 4 is 22.0 Å². The van der Waals surface area contributed by atoms with E-state index in [1.165, 1.54) is 23.8 Å². The van der Waals surface area contributed by atoms with E-state index in [4.69, 9.17) is 0 Å². The van der Waals surface area contributed by atoms with Crippen molar-refractivity contribution in [3.05, 3.63) is 21.1 Å². The van der Waals surface area contributed by atoms with E-state index in [1.807, 2.05) is 0 Å². The molecule has 0 aliphatic carbocycles. The lowest BCUT2D eigenvalue weighted by Crippen LogP contribution is -2.29. The van der Waals surface area contributed by atoms with E-state index in [9.17, 15) is 15.2 Å². The van der Waals surface area contributed by atoms with Gasteiger partial charge in [0.2, 0.25) is 0 Å². The van der Waals surface area contributed by atoms with Crippen LogP contribution in [0.1, 0.15) is 37.2 Å². The van der Waals surface area contributed by atoms with E-state index in [2.05, 4.69) is 4.90 Å². The van der Waals surface area contributed by atoms with Crippen molar-refractivity contribution in [1.29, 1.82) is 0 Å². The molecule has 94 valence electrons. The Balaban J connectivity index is 2.32. The van der Waals surface area contributed by atoms with Gasteiger partial charge >= 0.3 is 5.69 Å². The summed E-state index contributed by atoms with van der Waals surface area (Å²) in [5.74, 6) is 0. The minimum Gasteiger partial charge on any atom is -0.388 e. The third-order valence-electron chi connectivity index (χ3n) is 2.96. The molecule has 0 radical (unpaired) electrons. The average Bonchev–Trinajstić information content (AvgIpc) is 2.75. The summed E-state index contributed by atoms with van der Waals surface area (Å²) in [6, 6.07) is 1.50. The minimum absolute atomic E-state index is 0.132. The van der Waals surface area contributed by atoms with Gasteiger partial charge < -0.3 is 10.0 Å². The first-order valence-electron chi connectivity index (χ1n) is 5.80. The fraction of sp³-hybridized carbons (Fsp3) is 0.636. The van der Waals surface area contributed by atoms with Gasteiger partial charge in [0, 0.05) is 24.0 Å². The smallest absolute Gasteiger partial charge is 0.304 e. The highest BCUT2D eigenvalue weighted by molar-refractivity contribution is 7.16. The summed E-state index contributed by atoms with van der Waals surface area (Å²) in [5.41, 5.74) is 0.132. The van der Waals surface area contributed by atoms with Crippen LogP contribution in [0.2, 0.25) is 0 Å². The maximum absolute atomic E-state index is 11.0. The highest BCUT2D eigenvalue weighted by atomic mass is 32.1. The molecule has 6 heteroatoms. The number of aliphatic hydroxyl groups excluding tert-OH is 1. The van der Waals surface area contributed by atoms with E-state index >= 15 is 0 Å². The molecule has 1 N–H and O–H groups in total. The molecular formula is C11H16N2O3S. The number of rotatable bonds is 3. The van der Waals surface area contributed by atoms with Crippen molar-refractivity contribution in [3.8, 4) is 0 Å². The monoisotopic (exact) mass is 256 g/mol. The summed E-state index contributed by atoms with van der Waals surface area (Å²) in [4.78, 5) is 13.4. The Hall–Kier alpha value is -1.14. The Kier molecular flexibility index (Phi) is 3.63. The predicted octanol–water partition coefficient (Wildman–Crippen LogP) is 2.70. The molecule has 17 heavy (non-hydrogen) atoms. The first kappa shape index (κ1) is 12.3. The largest absolute Gasteiger partial charge is 0.388 e. The second-order valence-electron chi connectivity index (χ2n) is 4.32. The molecule has 1 atom stereocenters. The van der Waals surface area contributed by atoms with E-state index in [0.717, 1.165) is 25.9 Å². The summed E-state index contributed by atoms with van der Waals surface area (Å²) in [6.45, 7) is 3.39. The van der Waals surface area contributed by atoms with Gasteiger partial charge in [-0.05, 0) is 26.2 Å². The van der Waals surface area contributed by atoms with Gasteiger partial charge in [-0.15, -0.1) is 11.3 Å². The lowest BCUT2D eigenvalue weighted by atomic mass is 10.1. The van der Waals surface area contributed by atoms with Crippen LogP contribution < -0.4 is 4.90 Å². The number of hydrogen-bond acceptors (Lipinski definition) is 5. The number of anilines is 1. The molecule has 1 aliphatic rings. The van der Waals surface area contributed by atoms with Crippen LogP contribution in [-0.2, 0) is 0 Å². The Morgan fingerprint density at radius 1 is 1.47 bits per heavy atom. The zero-order chi connectivity index (χ0) is 12.4. The molecule has 0 saturated carbocycles. The second kappa shape index (κ2) is 5.01. The first-order valence-corrected chi connectivity index (χ1v) is 6.62. The molecule has 0 unspecified atom stereocenters. The van der Waals surface area contributed by atoms with E-state index in [0.29, 0.717) is 9.88 Å². The zero-order valence-electron chi connectivity index (χ0n) is 9.76. The van der Waals surface area contributed by atoms with Crippen LogP contribution in [0.5, 0.6) is 0 Å². The number of aliphatic hydroxyl groups is 1. The van der Waals surface area contributed by atoms with E-state index in [1.54, 1.807) is 6.92 Å². The van der Waals surface area contributed by atoms with Crippen LogP contribution in [0.25, 0.3) is 0 Å².